The molecule has 11 heteroatoms. The number of fused-ring (bicyclic) bond motifs is 1. The van der Waals surface area contributed by atoms with Gasteiger partial charge in [0.2, 0.25) is 0 Å². The van der Waals surface area contributed by atoms with Gasteiger partial charge < -0.3 is 25.4 Å². The first kappa shape index (κ1) is 29.9. The third-order valence-electron chi connectivity index (χ3n) is 6.35. The predicted molar refractivity (Wildman–Crippen MR) is 160 cm³/mol. The summed E-state index contributed by atoms with van der Waals surface area (Å²) in [7, 11) is 1.50. The molecule has 4 rings (SSSR count). The molecule has 10 nitrogen and oxygen atoms in total. The van der Waals surface area contributed by atoms with E-state index in [1.54, 1.807) is 18.2 Å². The summed E-state index contributed by atoms with van der Waals surface area (Å²) < 4.78 is 11.3. The van der Waals surface area contributed by atoms with E-state index in [1.165, 1.54) is 7.11 Å². The minimum atomic E-state index is -0.743. The molecular formula is C30H35N5O5S. The number of carbonyl (C=O) groups excluding carboxylic acids is 3. The fourth-order valence-electron chi connectivity index (χ4n) is 4.06. The third-order valence-corrected chi connectivity index (χ3v) is 7.46. The number of anilines is 1. The van der Waals surface area contributed by atoms with Gasteiger partial charge in [-0.15, -0.1) is 16.4 Å². The smallest absolute Gasteiger partial charge is 0.436 e. The highest BCUT2D eigenvalue weighted by Crippen LogP contribution is 2.33. The van der Waals surface area contributed by atoms with Gasteiger partial charge in [0.25, 0.3) is 11.8 Å². The second-order valence-corrected chi connectivity index (χ2v) is 11.4. The van der Waals surface area contributed by atoms with Crippen LogP contribution >= 0.6 is 11.3 Å². The highest BCUT2D eigenvalue weighted by molar-refractivity contribution is 7.20. The predicted octanol–water partition coefficient (Wildman–Crippen LogP) is 5.14. The van der Waals surface area contributed by atoms with Gasteiger partial charge in [-0.1, -0.05) is 56.3 Å². The normalized spacial score (nSPS) is 11.6. The largest absolute Gasteiger partial charge is 0.445 e. The average molecular weight is 578 g/mol. The van der Waals surface area contributed by atoms with Crippen LogP contribution in [0.3, 0.4) is 0 Å². The van der Waals surface area contributed by atoms with Crippen molar-refractivity contribution in [2.24, 2.45) is 0 Å². The van der Waals surface area contributed by atoms with Gasteiger partial charge in [-0.2, -0.15) is 4.68 Å². The summed E-state index contributed by atoms with van der Waals surface area (Å²) in [4.78, 5) is 40.0. The Labute approximate surface area is 243 Å². The molecule has 0 aliphatic heterocycles. The number of methoxy groups -OCH3 is 1. The molecule has 0 unspecified atom stereocenters. The number of ether oxygens (including phenoxy) is 2. The lowest BCUT2D eigenvalue weighted by Gasteiger charge is -2.26. The van der Waals surface area contributed by atoms with Crippen molar-refractivity contribution in [3.05, 3.63) is 82.2 Å². The van der Waals surface area contributed by atoms with Crippen LogP contribution in [0.25, 0.3) is 10.2 Å². The second-order valence-electron chi connectivity index (χ2n) is 10.3. The molecule has 2 amide bonds. The van der Waals surface area contributed by atoms with Crippen LogP contribution in [0, 0.1) is 0 Å². The Morgan fingerprint density at radius 3 is 2.37 bits per heavy atom. The van der Waals surface area contributed by atoms with Crippen molar-refractivity contribution in [3.63, 3.8) is 0 Å². The van der Waals surface area contributed by atoms with Gasteiger partial charge in [0.05, 0.1) is 22.4 Å². The summed E-state index contributed by atoms with van der Waals surface area (Å²) in [6.07, 6.45) is -0.743. The molecule has 0 saturated heterocycles. The van der Waals surface area contributed by atoms with E-state index in [-0.39, 0.29) is 24.9 Å². The minimum Gasteiger partial charge on any atom is -0.445 e. The van der Waals surface area contributed by atoms with Gasteiger partial charge in [-0.05, 0) is 43.2 Å². The molecular weight excluding hydrogens is 542 g/mol. The molecule has 0 aliphatic carbocycles. The van der Waals surface area contributed by atoms with Crippen molar-refractivity contribution < 1.29 is 23.9 Å². The zero-order valence-corrected chi connectivity index (χ0v) is 24.6. The number of benzene rings is 2. The molecule has 0 radical (unpaired) electrons. The molecule has 41 heavy (non-hydrogen) atoms. The first-order chi connectivity index (χ1) is 19.6. The summed E-state index contributed by atoms with van der Waals surface area (Å²) in [5, 5.41) is 14.0. The molecule has 0 fully saturated rings. The zero-order chi connectivity index (χ0) is 29.6. The topological polar surface area (TPSA) is 124 Å². The summed E-state index contributed by atoms with van der Waals surface area (Å²) in [6.45, 7) is 8.90. The molecule has 2 aromatic heterocycles. The number of hydrogen-bond donors (Lipinski definition) is 3. The van der Waals surface area contributed by atoms with E-state index in [0.717, 1.165) is 27.1 Å². The van der Waals surface area contributed by atoms with E-state index >= 15 is 0 Å². The number of nitrogens with zero attached hydrogens (tertiary/aromatic N) is 2. The lowest BCUT2D eigenvalue weighted by molar-refractivity contribution is 0.0915. The van der Waals surface area contributed by atoms with Crippen molar-refractivity contribution in [2.45, 2.75) is 45.8 Å². The Kier molecular flexibility index (Phi) is 9.53. The number of rotatable bonds is 11. The van der Waals surface area contributed by atoms with Gasteiger partial charge in [0.1, 0.15) is 11.4 Å². The van der Waals surface area contributed by atoms with Crippen molar-refractivity contribution >= 4 is 45.3 Å². The molecule has 0 atom stereocenters. The molecule has 0 aliphatic rings. The van der Waals surface area contributed by atoms with Gasteiger partial charge >= 0.3 is 6.09 Å². The quantitative estimate of drug-likeness (QED) is 0.211. The van der Waals surface area contributed by atoms with Gasteiger partial charge in [-0.3, -0.25) is 9.59 Å². The van der Waals surface area contributed by atoms with Crippen molar-refractivity contribution in [1.29, 1.82) is 0 Å². The SMILES string of the molecule is COCCOC(=O)n1nc(NC(=O)c2ccc(CNC(C)C)cc2)c2cc(C(=O)NC(C)(C)c3ccccc3)sc21. The number of thiophene rings is 1. The summed E-state index contributed by atoms with van der Waals surface area (Å²) in [5.41, 5.74) is 1.78. The van der Waals surface area contributed by atoms with E-state index in [0.29, 0.717) is 33.2 Å². The van der Waals surface area contributed by atoms with E-state index in [1.807, 2.05) is 56.3 Å². The van der Waals surface area contributed by atoms with Crippen LogP contribution in [-0.4, -0.2) is 54.1 Å². The molecule has 0 spiro atoms. The van der Waals surface area contributed by atoms with E-state index in [2.05, 4.69) is 34.9 Å². The second kappa shape index (κ2) is 13.1. The maximum atomic E-state index is 13.3. The van der Waals surface area contributed by atoms with Crippen molar-refractivity contribution in [2.75, 3.05) is 25.6 Å². The van der Waals surface area contributed by atoms with Crippen LogP contribution < -0.4 is 16.0 Å². The van der Waals surface area contributed by atoms with Crippen LogP contribution in [-0.2, 0) is 21.6 Å². The average Bonchev–Trinajstić information content (AvgIpc) is 3.53. The van der Waals surface area contributed by atoms with Crippen molar-refractivity contribution in [3.8, 4) is 0 Å². The van der Waals surface area contributed by atoms with Gasteiger partial charge in [0.15, 0.2) is 5.82 Å². The lowest BCUT2D eigenvalue weighted by Crippen LogP contribution is -2.40. The zero-order valence-electron chi connectivity index (χ0n) is 23.8. The summed E-state index contributed by atoms with van der Waals surface area (Å²) in [6, 6.07) is 18.8. The molecule has 4 aromatic rings. The Bertz CT molecular complexity index is 1510. The molecule has 2 heterocycles. The van der Waals surface area contributed by atoms with E-state index in [4.69, 9.17) is 9.47 Å². The number of carbonyl (C=O) groups is 3. The van der Waals surface area contributed by atoms with Crippen molar-refractivity contribution in [1.82, 2.24) is 20.4 Å². The molecule has 216 valence electrons. The van der Waals surface area contributed by atoms with Crippen LogP contribution in [0.15, 0.2) is 60.7 Å². The Hall–Kier alpha value is -4.06. The van der Waals surface area contributed by atoms with E-state index < -0.39 is 17.5 Å². The van der Waals surface area contributed by atoms with Crippen LogP contribution in [0.1, 0.15) is 58.9 Å². The first-order valence-electron chi connectivity index (χ1n) is 13.3. The highest BCUT2D eigenvalue weighted by Gasteiger charge is 2.27. The highest BCUT2D eigenvalue weighted by atomic mass is 32.1. The van der Waals surface area contributed by atoms with Gasteiger partial charge in [0, 0.05) is 25.3 Å². The number of amides is 2. The van der Waals surface area contributed by atoms with E-state index in [9.17, 15) is 14.4 Å². The first-order valence-corrected chi connectivity index (χ1v) is 14.1. The molecule has 2 aromatic carbocycles. The Morgan fingerprint density at radius 2 is 1.71 bits per heavy atom. The minimum absolute atomic E-state index is 0.0282. The van der Waals surface area contributed by atoms with Gasteiger partial charge in [-0.25, -0.2) is 4.79 Å². The molecule has 0 bridgehead atoms. The number of nitrogens with one attached hydrogen (secondary N) is 3. The standard InChI is InChI=1S/C30H35N5O5S/c1-19(2)31-18-20-11-13-21(14-12-20)26(36)32-25-23-17-24(27(37)33-30(3,4)22-9-7-6-8-10-22)41-28(23)35(34-25)29(38)40-16-15-39-5/h6-14,17,19,31H,15-16,18H2,1-5H3,(H,33,37)(H,32,34,36). The monoisotopic (exact) mass is 577 g/mol. The fourth-order valence-corrected chi connectivity index (χ4v) is 5.05. The third kappa shape index (κ3) is 7.37. The maximum absolute atomic E-state index is 13.3. The number of hydrogen-bond acceptors (Lipinski definition) is 8. The Balaban J connectivity index is 1.60. The summed E-state index contributed by atoms with van der Waals surface area (Å²) >= 11 is 1.09. The lowest BCUT2D eigenvalue weighted by atomic mass is 9.94. The Morgan fingerprint density at radius 1 is 1.00 bits per heavy atom. The van der Waals surface area contributed by atoms with Crippen LogP contribution in [0.2, 0.25) is 0 Å². The molecule has 3 N–H and O–H groups in total. The van der Waals surface area contributed by atoms with Crippen LogP contribution in [0.4, 0.5) is 10.6 Å². The maximum Gasteiger partial charge on any atom is 0.436 e. The number of aromatic nitrogens is 2. The summed E-state index contributed by atoms with van der Waals surface area (Å²) in [5.74, 6) is -0.561. The van der Waals surface area contributed by atoms with Crippen LogP contribution in [0.5, 0.6) is 0 Å². The fraction of sp³-hybridized carbons (Fsp3) is 0.333. The molecule has 0 saturated carbocycles.